The summed E-state index contributed by atoms with van der Waals surface area (Å²) in [7, 11) is 2.01. The van der Waals surface area contributed by atoms with Crippen molar-refractivity contribution in [2.24, 2.45) is 7.05 Å². The van der Waals surface area contributed by atoms with Crippen LogP contribution in [0.2, 0.25) is 0 Å². The van der Waals surface area contributed by atoms with Crippen molar-refractivity contribution in [2.45, 2.75) is 46.2 Å². The van der Waals surface area contributed by atoms with Crippen LogP contribution in [-0.4, -0.2) is 9.78 Å². The molecule has 1 aromatic carbocycles. The van der Waals surface area contributed by atoms with E-state index in [1.807, 2.05) is 11.7 Å². The smallest absolute Gasteiger partial charge is 0.0641 e. The van der Waals surface area contributed by atoms with Gasteiger partial charge in [0.2, 0.25) is 0 Å². The second kappa shape index (κ2) is 5.06. The fourth-order valence-corrected chi connectivity index (χ4v) is 3.23. The number of aryl methyl sites for hydroxylation is 4. The van der Waals surface area contributed by atoms with E-state index in [0.29, 0.717) is 6.04 Å². The van der Waals surface area contributed by atoms with Gasteiger partial charge in [0.25, 0.3) is 0 Å². The van der Waals surface area contributed by atoms with Crippen molar-refractivity contribution in [3.63, 3.8) is 0 Å². The van der Waals surface area contributed by atoms with E-state index in [1.165, 1.54) is 40.8 Å². The van der Waals surface area contributed by atoms with Crippen LogP contribution in [0.3, 0.4) is 0 Å². The number of fused-ring (bicyclic) bond motifs is 1. The van der Waals surface area contributed by atoms with Crippen molar-refractivity contribution in [3.8, 4) is 0 Å². The maximum Gasteiger partial charge on any atom is 0.0641 e. The number of hydrogen-bond donors (Lipinski definition) is 1. The molecule has 0 saturated heterocycles. The monoisotopic (exact) mass is 269 g/mol. The second-order valence-corrected chi connectivity index (χ2v) is 5.95. The van der Waals surface area contributed by atoms with Gasteiger partial charge < -0.3 is 5.32 Å². The summed E-state index contributed by atoms with van der Waals surface area (Å²) in [6.45, 7) is 7.31. The molecule has 0 bridgehead atoms. The topological polar surface area (TPSA) is 29.9 Å². The number of benzene rings is 1. The van der Waals surface area contributed by atoms with Gasteiger partial charge in [-0.2, -0.15) is 5.10 Å². The Balaban J connectivity index is 1.76. The highest BCUT2D eigenvalue weighted by molar-refractivity contribution is 5.37. The predicted octanol–water partition coefficient (Wildman–Crippen LogP) is 3.12. The Kier molecular flexibility index (Phi) is 3.38. The van der Waals surface area contributed by atoms with Crippen molar-refractivity contribution in [1.29, 1.82) is 0 Å². The molecule has 0 radical (unpaired) electrons. The molecule has 0 aliphatic heterocycles. The first-order chi connectivity index (χ1) is 9.56. The first-order valence-corrected chi connectivity index (χ1v) is 7.38. The summed E-state index contributed by atoms with van der Waals surface area (Å²) < 4.78 is 1.97. The number of hydrogen-bond acceptors (Lipinski definition) is 2. The summed E-state index contributed by atoms with van der Waals surface area (Å²) in [6.07, 6.45) is 2.40. The lowest BCUT2D eigenvalue weighted by atomic mass is 10.0. The summed E-state index contributed by atoms with van der Waals surface area (Å²) in [5.41, 5.74) is 8.09. The molecule has 0 amide bonds. The fraction of sp³-hybridized carbons (Fsp3) is 0.471. The Morgan fingerprint density at radius 2 is 2.10 bits per heavy atom. The predicted molar refractivity (Wildman–Crippen MR) is 81.8 cm³/mol. The van der Waals surface area contributed by atoms with Crippen LogP contribution in [-0.2, 0) is 20.0 Å². The minimum atomic E-state index is 0.490. The van der Waals surface area contributed by atoms with Gasteiger partial charge in [-0.3, -0.25) is 4.68 Å². The summed E-state index contributed by atoms with van der Waals surface area (Å²) in [4.78, 5) is 0. The molecule has 1 aliphatic carbocycles. The van der Waals surface area contributed by atoms with E-state index in [2.05, 4.69) is 49.4 Å². The van der Waals surface area contributed by atoms with E-state index < -0.39 is 0 Å². The van der Waals surface area contributed by atoms with E-state index >= 15 is 0 Å². The van der Waals surface area contributed by atoms with Crippen LogP contribution < -0.4 is 5.32 Å². The molecule has 0 fully saturated rings. The van der Waals surface area contributed by atoms with Crippen LogP contribution in [0.4, 0.5) is 0 Å². The molecule has 1 heterocycles. The summed E-state index contributed by atoms with van der Waals surface area (Å²) in [5, 5.41) is 8.21. The summed E-state index contributed by atoms with van der Waals surface area (Å²) in [6, 6.07) is 7.33. The molecule has 106 valence electrons. The van der Waals surface area contributed by atoms with E-state index in [1.54, 1.807) is 0 Å². The van der Waals surface area contributed by atoms with Crippen LogP contribution in [0.5, 0.6) is 0 Å². The molecule has 1 unspecified atom stereocenters. The first kappa shape index (κ1) is 13.4. The van der Waals surface area contributed by atoms with Gasteiger partial charge in [0, 0.05) is 30.9 Å². The highest BCUT2D eigenvalue weighted by atomic mass is 15.3. The van der Waals surface area contributed by atoms with E-state index in [-0.39, 0.29) is 0 Å². The molecule has 20 heavy (non-hydrogen) atoms. The van der Waals surface area contributed by atoms with Gasteiger partial charge in [0.05, 0.1) is 5.69 Å². The number of rotatable bonds is 3. The molecule has 3 heteroatoms. The SMILES string of the molecule is Cc1ccc2c(c1)C(NCc1c(C)nn(C)c1C)CC2. The zero-order valence-electron chi connectivity index (χ0n) is 12.8. The van der Waals surface area contributed by atoms with Crippen molar-refractivity contribution in [1.82, 2.24) is 15.1 Å². The molecule has 1 aromatic heterocycles. The highest BCUT2D eigenvalue weighted by Crippen LogP contribution is 2.32. The van der Waals surface area contributed by atoms with Crippen LogP contribution in [0, 0.1) is 20.8 Å². The minimum Gasteiger partial charge on any atom is -0.306 e. The molecule has 0 spiro atoms. The molecule has 1 aliphatic rings. The molecule has 3 rings (SSSR count). The highest BCUT2D eigenvalue weighted by Gasteiger charge is 2.22. The van der Waals surface area contributed by atoms with Crippen LogP contribution in [0.1, 0.15) is 46.1 Å². The quantitative estimate of drug-likeness (QED) is 0.928. The van der Waals surface area contributed by atoms with Crippen molar-refractivity contribution < 1.29 is 0 Å². The van der Waals surface area contributed by atoms with Crippen LogP contribution in [0.25, 0.3) is 0 Å². The first-order valence-electron chi connectivity index (χ1n) is 7.38. The lowest BCUT2D eigenvalue weighted by molar-refractivity contribution is 0.528. The average Bonchev–Trinajstić information content (AvgIpc) is 2.90. The Hall–Kier alpha value is -1.61. The Bertz CT molecular complexity index is 640. The second-order valence-electron chi connectivity index (χ2n) is 5.95. The number of nitrogens with zero attached hydrogens (tertiary/aromatic N) is 2. The summed E-state index contributed by atoms with van der Waals surface area (Å²) >= 11 is 0. The lowest BCUT2D eigenvalue weighted by Crippen LogP contribution is -2.19. The minimum absolute atomic E-state index is 0.490. The zero-order valence-corrected chi connectivity index (χ0v) is 12.8. The van der Waals surface area contributed by atoms with Gasteiger partial charge in [-0.15, -0.1) is 0 Å². The van der Waals surface area contributed by atoms with Gasteiger partial charge >= 0.3 is 0 Å². The van der Waals surface area contributed by atoms with Gasteiger partial charge in [-0.1, -0.05) is 23.8 Å². The number of aromatic nitrogens is 2. The van der Waals surface area contributed by atoms with Crippen molar-refractivity contribution >= 4 is 0 Å². The summed E-state index contributed by atoms with van der Waals surface area (Å²) in [5.74, 6) is 0. The average molecular weight is 269 g/mol. The normalized spacial score (nSPS) is 17.5. The largest absolute Gasteiger partial charge is 0.306 e. The van der Waals surface area contributed by atoms with E-state index in [9.17, 15) is 0 Å². The molecule has 2 aromatic rings. The molecule has 1 N–H and O–H groups in total. The maximum absolute atomic E-state index is 4.49. The standard InChI is InChI=1S/C17H23N3/c1-11-5-6-14-7-8-17(15(14)9-11)18-10-16-12(2)19-20(4)13(16)3/h5-6,9,17-18H,7-8,10H2,1-4H3. The van der Waals surface area contributed by atoms with Crippen molar-refractivity contribution in [2.75, 3.05) is 0 Å². The third kappa shape index (κ3) is 2.27. The molecule has 1 atom stereocenters. The maximum atomic E-state index is 4.49. The third-order valence-electron chi connectivity index (χ3n) is 4.56. The van der Waals surface area contributed by atoms with E-state index in [0.717, 1.165) is 12.2 Å². The molecular weight excluding hydrogens is 246 g/mol. The zero-order chi connectivity index (χ0) is 14.3. The van der Waals surface area contributed by atoms with Gasteiger partial charge in [-0.25, -0.2) is 0 Å². The van der Waals surface area contributed by atoms with Crippen LogP contribution in [0.15, 0.2) is 18.2 Å². The lowest BCUT2D eigenvalue weighted by Gasteiger charge is -2.15. The third-order valence-corrected chi connectivity index (χ3v) is 4.56. The fourth-order valence-electron chi connectivity index (χ4n) is 3.23. The Morgan fingerprint density at radius 1 is 1.30 bits per heavy atom. The number of nitrogens with one attached hydrogen (secondary N) is 1. The Morgan fingerprint density at radius 3 is 2.80 bits per heavy atom. The Labute approximate surface area is 121 Å². The molecular formula is C17H23N3. The van der Waals surface area contributed by atoms with Crippen LogP contribution >= 0.6 is 0 Å². The molecule has 3 nitrogen and oxygen atoms in total. The van der Waals surface area contributed by atoms with Gasteiger partial charge in [-0.05, 0) is 44.7 Å². The van der Waals surface area contributed by atoms with Gasteiger partial charge in [0.1, 0.15) is 0 Å². The molecule has 0 saturated carbocycles. The van der Waals surface area contributed by atoms with Crippen molar-refractivity contribution in [3.05, 3.63) is 51.8 Å². The van der Waals surface area contributed by atoms with Gasteiger partial charge in [0.15, 0.2) is 0 Å². The van der Waals surface area contributed by atoms with E-state index in [4.69, 9.17) is 0 Å².